The molecule has 2 aromatic carbocycles. The van der Waals surface area contributed by atoms with Gasteiger partial charge in [-0.2, -0.15) is 0 Å². The Morgan fingerprint density at radius 3 is 2.43 bits per heavy atom. The molecule has 3 atom stereocenters. The number of hydrogen-bond acceptors (Lipinski definition) is 4. The van der Waals surface area contributed by atoms with Crippen molar-refractivity contribution in [3.8, 4) is 0 Å². The number of halogens is 2. The predicted octanol–water partition coefficient (Wildman–Crippen LogP) is 5.02. The Balaban J connectivity index is 1.86. The van der Waals surface area contributed by atoms with E-state index in [1.807, 2.05) is 19.1 Å². The van der Waals surface area contributed by atoms with Crippen molar-refractivity contribution >= 4 is 11.7 Å². The lowest BCUT2D eigenvalue weighted by molar-refractivity contribution is -0.131. The van der Waals surface area contributed by atoms with Crippen LogP contribution in [-0.4, -0.2) is 34.5 Å². The summed E-state index contributed by atoms with van der Waals surface area (Å²) in [4.78, 5) is 25.2. The van der Waals surface area contributed by atoms with Crippen molar-refractivity contribution in [1.82, 2.24) is 10.6 Å². The normalized spacial score (nSPS) is 21.5. The summed E-state index contributed by atoms with van der Waals surface area (Å²) < 4.78 is 28.0. The van der Waals surface area contributed by atoms with Crippen LogP contribution in [0.5, 0.6) is 0 Å². The van der Waals surface area contributed by atoms with Gasteiger partial charge < -0.3 is 15.7 Å². The van der Waals surface area contributed by atoms with Gasteiger partial charge in [0.15, 0.2) is 0 Å². The molecule has 5 nitrogen and oxygen atoms in total. The maximum Gasteiger partial charge on any atom is 0.217 e. The van der Waals surface area contributed by atoms with Crippen molar-refractivity contribution in [2.75, 3.05) is 6.54 Å². The molecule has 3 unspecified atom stereocenters. The molecule has 1 aliphatic rings. The lowest BCUT2D eigenvalue weighted by atomic mass is 9.68. The molecule has 1 amide bonds. The van der Waals surface area contributed by atoms with Crippen molar-refractivity contribution < 1.29 is 23.5 Å². The van der Waals surface area contributed by atoms with E-state index < -0.39 is 22.8 Å². The summed E-state index contributed by atoms with van der Waals surface area (Å²) in [6, 6.07) is 11.4. The molecule has 0 aromatic heterocycles. The van der Waals surface area contributed by atoms with E-state index in [1.54, 1.807) is 0 Å². The summed E-state index contributed by atoms with van der Waals surface area (Å²) in [5.41, 5.74) is 0.196. The van der Waals surface area contributed by atoms with Crippen LogP contribution < -0.4 is 10.6 Å². The number of carbonyl (C=O) groups excluding carboxylic acids is 2. The summed E-state index contributed by atoms with van der Waals surface area (Å²) in [6.45, 7) is 6.15. The van der Waals surface area contributed by atoms with Crippen LogP contribution in [0.4, 0.5) is 8.78 Å². The Hall–Kier alpha value is -2.64. The van der Waals surface area contributed by atoms with Gasteiger partial charge in [-0.15, -0.1) is 0 Å². The van der Waals surface area contributed by atoms with E-state index in [2.05, 4.69) is 29.7 Å². The van der Waals surface area contributed by atoms with Gasteiger partial charge in [-0.05, 0) is 54.5 Å². The van der Waals surface area contributed by atoms with E-state index in [9.17, 15) is 23.5 Å². The molecule has 0 bridgehead atoms. The first-order valence-corrected chi connectivity index (χ1v) is 13.3. The molecule has 7 heteroatoms. The van der Waals surface area contributed by atoms with E-state index in [-0.39, 0.29) is 43.4 Å². The number of benzene rings is 2. The second-order valence-corrected chi connectivity index (χ2v) is 10.8. The molecule has 1 fully saturated rings. The largest absolute Gasteiger partial charge is 0.388 e. The molecular formula is C30H40F2N2O3. The van der Waals surface area contributed by atoms with Crippen LogP contribution in [0.2, 0.25) is 0 Å². The van der Waals surface area contributed by atoms with Crippen molar-refractivity contribution in [2.45, 2.75) is 89.8 Å². The topological polar surface area (TPSA) is 78.4 Å². The van der Waals surface area contributed by atoms with Crippen LogP contribution in [0.3, 0.4) is 0 Å². The van der Waals surface area contributed by atoms with Crippen LogP contribution in [0.15, 0.2) is 42.5 Å². The van der Waals surface area contributed by atoms with Crippen LogP contribution in [0.25, 0.3) is 0 Å². The van der Waals surface area contributed by atoms with Gasteiger partial charge in [0.05, 0.1) is 5.60 Å². The summed E-state index contributed by atoms with van der Waals surface area (Å²) in [5.74, 6) is -1.65. The molecule has 202 valence electrons. The van der Waals surface area contributed by atoms with Crippen molar-refractivity contribution in [2.24, 2.45) is 5.92 Å². The summed E-state index contributed by atoms with van der Waals surface area (Å²) in [5, 5.41) is 18.2. The minimum atomic E-state index is -1.47. The molecule has 0 aliphatic heterocycles. The number of carbonyl (C=O) groups is 2. The Kier molecular flexibility index (Phi) is 9.96. The van der Waals surface area contributed by atoms with E-state index in [0.29, 0.717) is 24.9 Å². The van der Waals surface area contributed by atoms with Crippen molar-refractivity contribution in [1.29, 1.82) is 0 Å². The van der Waals surface area contributed by atoms with Crippen molar-refractivity contribution in [3.05, 3.63) is 70.8 Å². The van der Waals surface area contributed by atoms with E-state index >= 15 is 0 Å². The van der Waals surface area contributed by atoms with Crippen LogP contribution in [0, 0.1) is 17.6 Å². The molecule has 37 heavy (non-hydrogen) atoms. The Morgan fingerprint density at radius 2 is 1.81 bits per heavy atom. The Morgan fingerprint density at radius 1 is 1.11 bits per heavy atom. The van der Waals surface area contributed by atoms with Gasteiger partial charge in [0, 0.05) is 56.8 Å². The van der Waals surface area contributed by atoms with Crippen LogP contribution in [-0.2, 0) is 29.0 Å². The van der Waals surface area contributed by atoms with E-state index in [1.165, 1.54) is 24.6 Å². The van der Waals surface area contributed by atoms with Gasteiger partial charge in [-0.3, -0.25) is 9.59 Å². The summed E-state index contributed by atoms with van der Waals surface area (Å²) in [6.07, 6.45) is 4.00. The molecule has 1 aliphatic carbocycles. The highest BCUT2D eigenvalue weighted by Crippen LogP contribution is 2.38. The third-order valence-corrected chi connectivity index (χ3v) is 7.32. The van der Waals surface area contributed by atoms with Gasteiger partial charge in [0.25, 0.3) is 0 Å². The zero-order valence-electron chi connectivity index (χ0n) is 22.2. The average Bonchev–Trinajstić information content (AvgIpc) is 2.80. The third-order valence-electron chi connectivity index (χ3n) is 7.32. The summed E-state index contributed by atoms with van der Waals surface area (Å²) >= 11 is 0. The highest BCUT2D eigenvalue weighted by Gasteiger charge is 2.46. The fourth-order valence-electron chi connectivity index (χ4n) is 5.82. The smallest absolute Gasteiger partial charge is 0.217 e. The SMILES string of the molecule is CCCC1CCC(CC(O)(CNCc2cccc(CC)c2)Cc2cc(F)cc(F)c2)(NC(C)=O)CC1=O. The molecule has 0 radical (unpaired) electrons. The zero-order valence-corrected chi connectivity index (χ0v) is 22.2. The molecule has 3 rings (SSSR count). The van der Waals surface area contributed by atoms with Crippen LogP contribution in [0.1, 0.15) is 76.0 Å². The number of hydrogen-bond donors (Lipinski definition) is 3. The molecule has 1 saturated carbocycles. The standard InChI is InChI=1S/C30H40F2N2O3/c1-4-7-25-10-11-29(17-28(25)36,34-21(3)35)19-30(37,16-24-13-26(31)15-27(32)14-24)20-33-18-23-9-6-8-22(5-2)12-23/h6,8-9,12-15,25,33,37H,4-5,7,10-11,16-20H2,1-3H3,(H,34,35). The van der Waals surface area contributed by atoms with Crippen LogP contribution >= 0.6 is 0 Å². The zero-order chi connectivity index (χ0) is 27.1. The fraction of sp³-hybridized carbons (Fsp3) is 0.533. The second-order valence-electron chi connectivity index (χ2n) is 10.8. The quantitative estimate of drug-likeness (QED) is 0.372. The lowest BCUT2D eigenvalue weighted by Crippen LogP contribution is -2.59. The second kappa shape index (κ2) is 12.7. The average molecular weight is 515 g/mol. The van der Waals surface area contributed by atoms with Gasteiger partial charge in [-0.1, -0.05) is 44.5 Å². The number of nitrogens with one attached hydrogen (secondary N) is 2. The van der Waals surface area contributed by atoms with Gasteiger partial charge >= 0.3 is 0 Å². The lowest BCUT2D eigenvalue weighted by Gasteiger charge is -2.45. The Bertz CT molecular complexity index is 1070. The monoisotopic (exact) mass is 514 g/mol. The number of rotatable bonds is 12. The minimum Gasteiger partial charge on any atom is -0.388 e. The van der Waals surface area contributed by atoms with Gasteiger partial charge in [0.1, 0.15) is 17.4 Å². The number of aliphatic hydroxyl groups is 1. The van der Waals surface area contributed by atoms with E-state index in [0.717, 1.165) is 30.9 Å². The van der Waals surface area contributed by atoms with Gasteiger partial charge in [0.2, 0.25) is 5.91 Å². The molecular weight excluding hydrogens is 474 g/mol. The number of amides is 1. The molecule has 0 heterocycles. The molecule has 2 aromatic rings. The molecule has 0 saturated heterocycles. The first-order valence-electron chi connectivity index (χ1n) is 13.3. The molecule has 3 N–H and O–H groups in total. The number of ketones is 1. The maximum absolute atomic E-state index is 14.0. The first-order chi connectivity index (χ1) is 17.5. The minimum absolute atomic E-state index is 0.0302. The van der Waals surface area contributed by atoms with Gasteiger partial charge in [-0.25, -0.2) is 8.78 Å². The highest BCUT2D eigenvalue weighted by atomic mass is 19.1. The first kappa shape index (κ1) is 28.9. The highest BCUT2D eigenvalue weighted by molar-refractivity contribution is 5.84. The van der Waals surface area contributed by atoms with Crippen molar-refractivity contribution in [3.63, 3.8) is 0 Å². The number of aryl methyl sites for hydroxylation is 1. The third kappa shape index (κ3) is 8.44. The summed E-state index contributed by atoms with van der Waals surface area (Å²) in [7, 11) is 0. The van der Waals surface area contributed by atoms with E-state index in [4.69, 9.17) is 0 Å². The number of Topliss-reactive ketones (excluding diaryl/α,β-unsaturated/α-hetero) is 1. The molecule has 0 spiro atoms. The predicted molar refractivity (Wildman–Crippen MR) is 141 cm³/mol. The maximum atomic E-state index is 14.0. The Labute approximate surface area is 219 Å². The fourth-order valence-corrected chi connectivity index (χ4v) is 5.82.